The van der Waals surface area contributed by atoms with E-state index in [-0.39, 0.29) is 0 Å². The molecule has 3 nitrogen and oxygen atoms in total. The molecule has 5 heteroatoms. The molecule has 0 unspecified atom stereocenters. The molecule has 11 heavy (non-hydrogen) atoms. The van der Waals surface area contributed by atoms with Crippen molar-refractivity contribution in [1.82, 2.24) is 0 Å². The maximum atomic E-state index is 10.8. The zero-order valence-electron chi connectivity index (χ0n) is 6.03. The Hall–Kier alpha value is 0.200. The molecule has 0 amide bonds. The van der Waals surface area contributed by atoms with Crippen LogP contribution >= 0.6 is 10.7 Å². The predicted molar refractivity (Wildman–Crippen MR) is 43.0 cm³/mol. The van der Waals surface area contributed by atoms with E-state index in [9.17, 15) is 13.5 Å². The summed E-state index contributed by atoms with van der Waals surface area (Å²) in [4.78, 5) is 0. The molecule has 2 atom stereocenters. The Bertz CT molecular complexity index is 224. The Morgan fingerprint density at radius 1 is 1.27 bits per heavy atom. The third-order valence-electron chi connectivity index (χ3n) is 2.03. The van der Waals surface area contributed by atoms with Crippen molar-refractivity contribution in [3.8, 4) is 0 Å². The van der Waals surface area contributed by atoms with E-state index in [4.69, 9.17) is 10.7 Å². The van der Waals surface area contributed by atoms with Gasteiger partial charge in [-0.3, -0.25) is 0 Å². The van der Waals surface area contributed by atoms with Crippen LogP contribution in [-0.2, 0) is 9.05 Å². The molecule has 66 valence electrons. The lowest BCUT2D eigenvalue weighted by Gasteiger charge is -2.24. The van der Waals surface area contributed by atoms with Crippen LogP contribution in [0, 0.1) is 0 Å². The highest BCUT2D eigenvalue weighted by Gasteiger charge is 2.32. The predicted octanol–water partition coefficient (Wildman–Crippen LogP) is 0.859. The highest BCUT2D eigenvalue weighted by molar-refractivity contribution is 8.14. The fraction of sp³-hybridized carbons (Fsp3) is 1.00. The molecule has 0 radical (unpaired) electrons. The van der Waals surface area contributed by atoms with Gasteiger partial charge in [0.1, 0.15) is 5.25 Å². The normalized spacial score (nSPS) is 33.6. The van der Waals surface area contributed by atoms with Crippen LogP contribution in [-0.4, -0.2) is 24.9 Å². The quantitative estimate of drug-likeness (QED) is 0.636. The molecular weight excluding hydrogens is 188 g/mol. The monoisotopic (exact) mass is 198 g/mol. The molecule has 1 aliphatic carbocycles. The van der Waals surface area contributed by atoms with Gasteiger partial charge in [-0.1, -0.05) is 12.8 Å². The van der Waals surface area contributed by atoms with E-state index in [1.54, 1.807) is 0 Å². The average Bonchev–Trinajstić information content (AvgIpc) is 1.86. The third kappa shape index (κ3) is 2.32. The SMILES string of the molecule is O=S(=O)(Cl)[C@@H]1CCCC[C@@H]1O. The van der Waals surface area contributed by atoms with Gasteiger partial charge in [0.25, 0.3) is 0 Å². The summed E-state index contributed by atoms with van der Waals surface area (Å²) in [5.74, 6) is 0. The lowest BCUT2D eigenvalue weighted by atomic mass is 9.97. The standard InChI is InChI=1S/C6H11ClO3S/c7-11(9,10)6-4-2-1-3-5(6)8/h5-6,8H,1-4H2/t5-,6+/m0/s1. The van der Waals surface area contributed by atoms with Gasteiger partial charge in [0, 0.05) is 10.7 Å². The molecule has 0 heterocycles. The number of hydrogen-bond acceptors (Lipinski definition) is 3. The first-order valence-electron chi connectivity index (χ1n) is 3.63. The van der Waals surface area contributed by atoms with E-state index in [0.29, 0.717) is 12.8 Å². The Labute approximate surface area is 70.8 Å². The van der Waals surface area contributed by atoms with Gasteiger partial charge in [0.05, 0.1) is 6.10 Å². The van der Waals surface area contributed by atoms with Crippen LogP contribution in [0.3, 0.4) is 0 Å². The fourth-order valence-electron chi connectivity index (χ4n) is 1.41. The Balaban J connectivity index is 2.70. The first-order valence-corrected chi connectivity index (χ1v) is 6.00. The number of halogens is 1. The van der Waals surface area contributed by atoms with Crippen molar-refractivity contribution in [1.29, 1.82) is 0 Å². The summed E-state index contributed by atoms with van der Waals surface area (Å²) < 4.78 is 21.6. The van der Waals surface area contributed by atoms with E-state index >= 15 is 0 Å². The highest BCUT2D eigenvalue weighted by Crippen LogP contribution is 2.26. The molecule has 1 rings (SSSR count). The minimum Gasteiger partial charge on any atom is -0.392 e. The van der Waals surface area contributed by atoms with E-state index < -0.39 is 20.4 Å². The van der Waals surface area contributed by atoms with Gasteiger partial charge in [-0.25, -0.2) is 8.42 Å². The first kappa shape index (κ1) is 9.29. The van der Waals surface area contributed by atoms with E-state index in [1.165, 1.54) is 0 Å². The second-order valence-corrected chi connectivity index (χ2v) is 5.71. The van der Waals surface area contributed by atoms with Gasteiger partial charge in [-0.15, -0.1) is 0 Å². The van der Waals surface area contributed by atoms with Gasteiger partial charge in [0.2, 0.25) is 9.05 Å². The van der Waals surface area contributed by atoms with Crippen LogP contribution in [0.5, 0.6) is 0 Å². The summed E-state index contributed by atoms with van der Waals surface area (Å²) in [5.41, 5.74) is 0. The summed E-state index contributed by atoms with van der Waals surface area (Å²) in [6, 6.07) is 0. The lowest BCUT2D eigenvalue weighted by Crippen LogP contribution is -2.34. The van der Waals surface area contributed by atoms with Gasteiger partial charge in [0.15, 0.2) is 0 Å². The van der Waals surface area contributed by atoms with Gasteiger partial charge >= 0.3 is 0 Å². The van der Waals surface area contributed by atoms with Crippen molar-refractivity contribution in [3.63, 3.8) is 0 Å². The molecule has 0 aliphatic heterocycles. The minimum atomic E-state index is -3.55. The molecule has 0 bridgehead atoms. The zero-order chi connectivity index (χ0) is 8.48. The highest BCUT2D eigenvalue weighted by atomic mass is 35.7. The van der Waals surface area contributed by atoms with Crippen LogP contribution in [0.25, 0.3) is 0 Å². The molecule has 1 N–H and O–H groups in total. The Morgan fingerprint density at radius 2 is 1.82 bits per heavy atom. The molecular formula is C6H11ClO3S. The van der Waals surface area contributed by atoms with Gasteiger partial charge < -0.3 is 5.11 Å². The second-order valence-electron chi connectivity index (χ2n) is 2.87. The van der Waals surface area contributed by atoms with Crippen LogP contribution in [0.1, 0.15) is 25.7 Å². The molecule has 1 saturated carbocycles. The van der Waals surface area contributed by atoms with Crippen molar-refractivity contribution in [2.75, 3.05) is 0 Å². The topological polar surface area (TPSA) is 54.4 Å². The molecule has 0 aromatic rings. The molecule has 0 aromatic heterocycles. The number of rotatable bonds is 1. The maximum absolute atomic E-state index is 10.8. The van der Waals surface area contributed by atoms with Crippen LogP contribution in [0.4, 0.5) is 0 Å². The van der Waals surface area contributed by atoms with E-state index in [0.717, 1.165) is 12.8 Å². The third-order valence-corrected chi connectivity index (χ3v) is 3.99. The van der Waals surface area contributed by atoms with Gasteiger partial charge in [-0.05, 0) is 12.8 Å². The summed E-state index contributed by atoms with van der Waals surface area (Å²) in [6.07, 6.45) is 2.02. The number of aliphatic hydroxyl groups excluding tert-OH is 1. The molecule has 1 fully saturated rings. The molecule has 1 aliphatic rings. The van der Waals surface area contributed by atoms with Gasteiger partial charge in [-0.2, -0.15) is 0 Å². The number of aliphatic hydroxyl groups is 1. The van der Waals surface area contributed by atoms with Crippen LogP contribution < -0.4 is 0 Å². The molecule has 0 spiro atoms. The van der Waals surface area contributed by atoms with Crippen molar-refractivity contribution >= 4 is 19.7 Å². The van der Waals surface area contributed by atoms with Crippen molar-refractivity contribution in [2.24, 2.45) is 0 Å². The second kappa shape index (κ2) is 3.29. The fourth-order valence-corrected chi connectivity index (χ4v) is 2.99. The van der Waals surface area contributed by atoms with Crippen LogP contribution in [0.2, 0.25) is 0 Å². The van der Waals surface area contributed by atoms with Crippen molar-refractivity contribution in [3.05, 3.63) is 0 Å². The van der Waals surface area contributed by atoms with Crippen LogP contribution in [0.15, 0.2) is 0 Å². The zero-order valence-corrected chi connectivity index (χ0v) is 7.61. The number of hydrogen-bond donors (Lipinski definition) is 1. The summed E-state index contributed by atoms with van der Waals surface area (Å²) in [5, 5.41) is 8.50. The average molecular weight is 199 g/mol. The van der Waals surface area contributed by atoms with Crippen molar-refractivity contribution in [2.45, 2.75) is 37.0 Å². The Morgan fingerprint density at radius 3 is 2.18 bits per heavy atom. The first-order chi connectivity index (χ1) is 5.02. The van der Waals surface area contributed by atoms with Crippen molar-refractivity contribution < 1.29 is 13.5 Å². The summed E-state index contributed by atoms with van der Waals surface area (Å²) in [7, 11) is 1.57. The minimum absolute atomic E-state index is 0.493. The summed E-state index contributed by atoms with van der Waals surface area (Å²) in [6.45, 7) is 0. The maximum Gasteiger partial charge on any atom is 0.238 e. The Kier molecular flexibility index (Phi) is 2.78. The largest absolute Gasteiger partial charge is 0.392 e. The van der Waals surface area contributed by atoms with E-state index in [1.807, 2.05) is 0 Å². The molecule has 0 aromatic carbocycles. The smallest absolute Gasteiger partial charge is 0.238 e. The lowest BCUT2D eigenvalue weighted by molar-refractivity contribution is 0.134. The summed E-state index contributed by atoms with van der Waals surface area (Å²) >= 11 is 0. The van der Waals surface area contributed by atoms with E-state index in [2.05, 4.69) is 0 Å². The molecule has 0 saturated heterocycles.